The second-order valence-electron chi connectivity index (χ2n) is 7.97. The van der Waals surface area contributed by atoms with Crippen molar-refractivity contribution in [2.24, 2.45) is 0 Å². The Labute approximate surface area is 194 Å². The summed E-state index contributed by atoms with van der Waals surface area (Å²) in [5.41, 5.74) is 1.30. The highest BCUT2D eigenvalue weighted by Gasteiger charge is 2.32. The molecule has 1 saturated heterocycles. The van der Waals surface area contributed by atoms with Gasteiger partial charge in [0.1, 0.15) is 6.54 Å². The fourth-order valence-corrected chi connectivity index (χ4v) is 3.96. The number of hydrogen-bond donors (Lipinski definition) is 1. The van der Waals surface area contributed by atoms with Crippen molar-refractivity contribution in [3.63, 3.8) is 0 Å². The molecule has 2 heterocycles. The van der Waals surface area contributed by atoms with Gasteiger partial charge in [-0.25, -0.2) is 0 Å². The molecule has 1 amide bonds. The lowest BCUT2D eigenvalue weighted by Gasteiger charge is -2.31. The first kappa shape index (κ1) is 23.6. The molecule has 34 heavy (non-hydrogen) atoms. The van der Waals surface area contributed by atoms with Crippen molar-refractivity contribution in [1.82, 2.24) is 4.57 Å². The van der Waals surface area contributed by atoms with Crippen LogP contribution in [0.25, 0.3) is 10.9 Å². The molecule has 4 rings (SSSR count). The van der Waals surface area contributed by atoms with E-state index < -0.39 is 30.2 Å². The Morgan fingerprint density at radius 1 is 1.09 bits per heavy atom. The highest BCUT2D eigenvalue weighted by Crippen LogP contribution is 2.35. The molecule has 0 atom stereocenters. The van der Waals surface area contributed by atoms with Gasteiger partial charge in [-0.05, 0) is 42.6 Å². The number of aryl methyl sites for hydroxylation is 1. The molecule has 1 fully saturated rings. The number of ether oxygens (including phenoxy) is 2. The summed E-state index contributed by atoms with van der Waals surface area (Å²) in [6.45, 7) is 2.98. The van der Waals surface area contributed by atoms with Crippen LogP contribution in [0.15, 0.2) is 48.5 Å². The fourth-order valence-electron chi connectivity index (χ4n) is 3.96. The Morgan fingerprint density at radius 3 is 2.56 bits per heavy atom. The lowest BCUT2D eigenvalue weighted by Crippen LogP contribution is -2.37. The summed E-state index contributed by atoms with van der Waals surface area (Å²) in [6, 6.07) is 12.7. The number of halogens is 3. The molecule has 1 aromatic heterocycles. The third kappa shape index (κ3) is 5.33. The second-order valence-corrected chi connectivity index (χ2v) is 7.97. The Kier molecular flexibility index (Phi) is 6.78. The number of esters is 1. The van der Waals surface area contributed by atoms with Gasteiger partial charge in [0.25, 0.3) is 5.91 Å². The van der Waals surface area contributed by atoms with Gasteiger partial charge >= 0.3 is 12.1 Å². The number of alkyl halides is 3. The Hall–Kier alpha value is -3.53. The van der Waals surface area contributed by atoms with Crippen LogP contribution in [-0.2, 0) is 31.8 Å². The number of para-hydroxylation sites is 1. The van der Waals surface area contributed by atoms with E-state index in [-0.39, 0.29) is 12.2 Å². The number of morpholine rings is 1. The van der Waals surface area contributed by atoms with E-state index in [4.69, 9.17) is 9.47 Å². The van der Waals surface area contributed by atoms with E-state index in [0.29, 0.717) is 32.0 Å². The number of carbonyl (C=O) groups excluding carboxylic acids is 2. The quantitative estimate of drug-likeness (QED) is 0.546. The molecule has 180 valence electrons. The number of aromatic nitrogens is 1. The molecule has 7 nitrogen and oxygen atoms in total. The number of hydrogen-bond acceptors (Lipinski definition) is 5. The zero-order valence-electron chi connectivity index (χ0n) is 18.5. The summed E-state index contributed by atoms with van der Waals surface area (Å²) in [5.74, 6) is -1.35. The van der Waals surface area contributed by atoms with Gasteiger partial charge in [-0.1, -0.05) is 18.2 Å². The maximum atomic E-state index is 13.2. The maximum Gasteiger partial charge on any atom is 0.416 e. The summed E-state index contributed by atoms with van der Waals surface area (Å²) >= 11 is 0. The summed E-state index contributed by atoms with van der Waals surface area (Å²) in [6.07, 6.45) is -4.56. The number of rotatable bonds is 6. The number of nitrogens with zero attached hydrogens (tertiary/aromatic N) is 2. The van der Waals surface area contributed by atoms with E-state index in [1.165, 1.54) is 6.07 Å². The number of nitrogens with one attached hydrogen (secondary N) is 1. The van der Waals surface area contributed by atoms with E-state index >= 15 is 0 Å². The molecule has 1 aliphatic heterocycles. The van der Waals surface area contributed by atoms with Gasteiger partial charge < -0.3 is 24.3 Å². The minimum Gasteiger partial charge on any atom is -0.454 e. The van der Waals surface area contributed by atoms with Crippen LogP contribution < -0.4 is 10.2 Å². The normalized spacial score (nSPS) is 14.3. The molecule has 0 bridgehead atoms. The molecule has 2 aromatic carbocycles. The molecule has 1 aliphatic rings. The van der Waals surface area contributed by atoms with E-state index in [9.17, 15) is 22.8 Å². The zero-order chi connectivity index (χ0) is 24.3. The van der Waals surface area contributed by atoms with Crippen LogP contribution in [0.5, 0.6) is 0 Å². The van der Waals surface area contributed by atoms with Gasteiger partial charge in [0.15, 0.2) is 6.61 Å². The first-order valence-corrected chi connectivity index (χ1v) is 10.8. The summed E-state index contributed by atoms with van der Waals surface area (Å²) < 4.78 is 51.9. The number of fused-ring (bicyclic) bond motifs is 1. The van der Waals surface area contributed by atoms with Crippen LogP contribution in [0.1, 0.15) is 11.3 Å². The molecular formula is C24H24F3N3O4. The third-order valence-electron chi connectivity index (χ3n) is 5.62. The summed E-state index contributed by atoms with van der Waals surface area (Å²) in [5, 5.41) is 3.45. The van der Waals surface area contributed by atoms with E-state index in [1.807, 2.05) is 42.2 Å². The average Bonchev–Trinajstić information content (AvgIpc) is 3.12. The van der Waals surface area contributed by atoms with Gasteiger partial charge in [-0.3, -0.25) is 9.59 Å². The van der Waals surface area contributed by atoms with Crippen molar-refractivity contribution in [3.8, 4) is 0 Å². The SMILES string of the molecule is Cc1cc2ccccc2n1CC(=O)OCC(=O)Nc1cc(C(F)(F)F)ccc1N1CCOCC1. The number of benzene rings is 2. The smallest absolute Gasteiger partial charge is 0.416 e. The Balaban J connectivity index is 1.43. The predicted molar refractivity (Wildman–Crippen MR) is 121 cm³/mol. The Bertz CT molecular complexity index is 1200. The van der Waals surface area contributed by atoms with Gasteiger partial charge in [-0.2, -0.15) is 13.2 Å². The molecule has 0 unspecified atom stereocenters. The number of anilines is 2. The lowest BCUT2D eigenvalue weighted by molar-refractivity contribution is -0.147. The first-order chi connectivity index (χ1) is 16.2. The highest BCUT2D eigenvalue weighted by atomic mass is 19.4. The van der Waals surface area contributed by atoms with Crippen molar-refractivity contribution in [3.05, 3.63) is 59.8 Å². The van der Waals surface area contributed by atoms with Crippen LogP contribution >= 0.6 is 0 Å². The molecule has 10 heteroatoms. The van der Waals surface area contributed by atoms with Crippen LogP contribution in [0.4, 0.5) is 24.5 Å². The van der Waals surface area contributed by atoms with Crippen LogP contribution in [0.3, 0.4) is 0 Å². The fraction of sp³-hybridized carbons (Fsp3) is 0.333. The molecule has 1 N–H and O–H groups in total. The third-order valence-corrected chi connectivity index (χ3v) is 5.62. The average molecular weight is 475 g/mol. The van der Waals surface area contributed by atoms with Crippen molar-refractivity contribution in [2.75, 3.05) is 43.1 Å². The monoisotopic (exact) mass is 475 g/mol. The minimum atomic E-state index is -4.56. The molecule has 0 saturated carbocycles. The number of carbonyl (C=O) groups is 2. The Morgan fingerprint density at radius 2 is 1.82 bits per heavy atom. The first-order valence-electron chi connectivity index (χ1n) is 10.8. The standard InChI is InChI=1S/C24H24F3N3O4/c1-16-12-17-4-2-3-5-20(17)30(16)14-23(32)34-15-22(31)28-19-13-18(24(25,26)27)6-7-21(19)29-8-10-33-11-9-29/h2-7,12-13H,8-11,14-15H2,1H3,(H,28,31). The van der Waals surface area contributed by atoms with Gasteiger partial charge in [-0.15, -0.1) is 0 Å². The molecular weight excluding hydrogens is 451 g/mol. The van der Waals surface area contributed by atoms with Crippen molar-refractivity contribution < 1.29 is 32.2 Å². The topological polar surface area (TPSA) is 72.8 Å². The van der Waals surface area contributed by atoms with Crippen molar-refractivity contribution in [1.29, 1.82) is 0 Å². The van der Waals surface area contributed by atoms with Crippen LogP contribution in [0, 0.1) is 6.92 Å². The number of amides is 1. The highest BCUT2D eigenvalue weighted by molar-refractivity contribution is 5.96. The van der Waals surface area contributed by atoms with Crippen LogP contribution in [-0.4, -0.2) is 49.4 Å². The largest absolute Gasteiger partial charge is 0.454 e. The summed E-state index contributed by atoms with van der Waals surface area (Å²) in [7, 11) is 0. The molecule has 0 radical (unpaired) electrons. The molecule has 0 spiro atoms. The second kappa shape index (κ2) is 9.76. The van der Waals surface area contributed by atoms with Gasteiger partial charge in [0, 0.05) is 24.3 Å². The van der Waals surface area contributed by atoms with E-state index in [1.54, 1.807) is 4.57 Å². The van der Waals surface area contributed by atoms with Crippen molar-refractivity contribution in [2.45, 2.75) is 19.6 Å². The van der Waals surface area contributed by atoms with Gasteiger partial charge in [0.2, 0.25) is 0 Å². The van der Waals surface area contributed by atoms with E-state index in [2.05, 4.69) is 5.32 Å². The minimum absolute atomic E-state index is 0.00465. The maximum absolute atomic E-state index is 13.2. The van der Waals surface area contributed by atoms with Crippen molar-refractivity contribution >= 4 is 34.2 Å². The van der Waals surface area contributed by atoms with Gasteiger partial charge in [0.05, 0.1) is 30.2 Å². The molecule has 3 aromatic rings. The molecule has 0 aliphatic carbocycles. The predicted octanol–water partition coefficient (Wildman–Crippen LogP) is 3.99. The summed E-state index contributed by atoms with van der Waals surface area (Å²) in [4.78, 5) is 26.7. The zero-order valence-corrected chi connectivity index (χ0v) is 18.5. The lowest BCUT2D eigenvalue weighted by atomic mass is 10.1. The van der Waals surface area contributed by atoms with Crippen LogP contribution in [0.2, 0.25) is 0 Å². The van der Waals surface area contributed by atoms with E-state index in [0.717, 1.165) is 28.7 Å².